The molecule has 1 rings (SSSR count). The van der Waals surface area contributed by atoms with Crippen LogP contribution in [0.5, 0.6) is 0 Å². The molecule has 16 heavy (non-hydrogen) atoms. The largest absolute Gasteiger partial charge is 0.416 e. The Labute approximate surface area is 94.5 Å². The zero-order chi connectivity index (χ0) is 12.6. The van der Waals surface area contributed by atoms with Crippen LogP contribution in [-0.4, -0.2) is 0 Å². The van der Waals surface area contributed by atoms with Crippen molar-refractivity contribution in [3.8, 4) is 0 Å². The molecule has 1 aromatic rings. The molecule has 0 aliphatic heterocycles. The Morgan fingerprint density at radius 2 is 1.62 bits per heavy atom. The van der Waals surface area contributed by atoms with Gasteiger partial charge in [0.1, 0.15) is 0 Å². The normalized spacial score (nSPS) is 12.9. The maximum atomic E-state index is 12.4. The van der Waals surface area contributed by atoms with Gasteiger partial charge in [0.25, 0.3) is 0 Å². The fraction of sp³-hybridized carbons (Fsp3) is 0.538. The number of benzene rings is 1. The monoisotopic (exact) mass is 230 g/mol. The van der Waals surface area contributed by atoms with Crippen LogP contribution in [0.4, 0.5) is 13.2 Å². The number of rotatable bonds is 1. The first-order valence-corrected chi connectivity index (χ1v) is 5.26. The number of hydrogen-bond donors (Lipinski definition) is 0. The first-order chi connectivity index (χ1) is 7.09. The van der Waals surface area contributed by atoms with E-state index in [1.165, 1.54) is 6.07 Å². The fourth-order valence-electron chi connectivity index (χ4n) is 1.64. The molecule has 0 N–H and O–H groups in total. The Balaban J connectivity index is 3.01. The summed E-state index contributed by atoms with van der Waals surface area (Å²) in [5.74, 6) is 0. The average molecular weight is 230 g/mol. The maximum absolute atomic E-state index is 12.4. The molecule has 0 fully saturated rings. The Morgan fingerprint density at radius 1 is 1.06 bits per heavy atom. The van der Waals surface area contributed by atoms with E-state index in [1.54, 1.807) is 13.0 Å². The summed E-state index contributed by atoms with van der Waals surface area (Å²) in [6, 6.07) is 3.97. The van der Waals surface area contributed by atoms with Crippen molar-refractivity contribution in [1.29, 1.82) is 0 Å². The van der Waals surface area contributed by atoms with E-state index >= 15 is 0 Å². The number of halogens is 3. The third-order valence-corrected chi connectivity index (χ3v) is 2.39. The van der Waals surface area contributed by atoms with Gasteiger partial charge in [-0.05, 0) is 42.0 Å². The van der Waals surface area contributed by atoms with Crippen LogP contribution in [0.3, 0.4) is 0 Å². The smallest absolute Gasteiger partial charge is 0.166 e. The van der Waals surface area contributed by atoms with Gasteiger partial charge in [0, 0.05) is 0 Å². The molecule has 0 atom stereocenters. The molecule has 3 heteroatoms. The molecule has 0 bridgehead atoms. The van der Waals surface area contributed by atoms with Gasteiger partial charge in [-0.25, -0.2) is 0 Å². The molecule has 0 saturated heterocycles. The minimum Gasteiger partial charge on any atom is -0.166 e. The lowest BCUT2D eigenvalue weighted by Gasteiger charge is -2.20. The molecule has 0 aromatic heterocycles. The van der Waals surface area contributed by atoms with E-state index in [2.05, 4.69) is 20.8 Å². The number of alkyl halides is 3. The van der Waals surface area contributed by atoms with Gasteiger partial charge in [-0.3, -0.25) is 0 Å². The summed E-state index contributed by atoms with van der Waals surface area (Å²) >= 11 is 0. The topological polar surface area (TPSA) is 0 Å². The third-order valence-electron chi connectivity index (χ3n) is 2.39. The summed E-state index contributed by atoms with van der Waals surface area (Å²) in [6.07, 6.45) is -3.46. The van der Waals surface area contributed by atoms with Crippen molar-refractivity contribution in [3.63, 3.8) is 0 Å². The molecule has 0 saturated carbocycles. The Morgan fingerprint density at radius 3 is 2.00 bits per heavy atom. The summed E-state index contributed by atoms with van der Waals surface area (Å²) in [5, 5.41) is 0. The van der Waals surface area contributed by atoms with Crippen LogP contribution >= 0.6 is 0 Å². The molecule has 90 valence electrons. The quantitative estimate of drug-likeness (QED) is 0.661. The van der Waals surface area contributed by atoms with Gasteiger partial charge in [-0.2, -0.15) is 13.2 Å². The van der Waals surface area contributed by atoms with Crippen LogP contribution in [-0.2, 0) is 12.6 Å². The second kappa shape index (κ2) is 4.11. The summed E-state index contributed by atoms with van der Waals surface area (Å²) in [7, 11) is 0. The minimum atomic E-state index is -4.25. The highest BCUT2D eigenvalue weighted by atomic mass is 19.4. The van der Waals surface area contributed by atoms with Crippen molar-refractivity contribution < 1.29 is 13.2 Å². The highest BCUT2D eigenvalue weighted by Gasteiger charge is 2.30. The molecule has 0 amide bonds. The first kappa shape index (κ1) is 13.1. The van der Waals surface area contributed by atoms with Crippen LogP contribution in [0.2, 0.25) is 0 Å². The van der Waals surface area contributed by atoms with Gasteiger partial charge in [0.05, 0.1) is 5.56 Å². The highest BCUT2D eigenvalue weighted by Crippen LogP contribution is 2.31. The lowest BCUT2D eigenvalue weighted by atomic mass is 9.86. The fourth-order valence-corrected chi connectivity index (χ4v) is 1.64. The Kier molecular flexibility index (Phi) is 3.36. The lowest BCUT2D eigenvalue weighted by Crippen LogP contribution is -2.11. The van der Waals surface area contributed by atoms with Crippen molar-refractivity contribution in [2.24, 2.45) is 5.41 Å². The van der Waals surface area contributed by atoms with E-state index in [1.807, 2.05) is 0 Å². The van der Waals surface area contributed by atoms with E-state index in [0.29, 0.717) is 5.56 Å². The first-order valence-electron chi connectivity index (χ1n) is 5.26. The summed E-state index contributed by atoms with van der Waals surface area (Å²) in [4.78, 5) is 0. The van der Waals surface area contributed by atoms with E-state index in [9.17, 15) is 13.2 Å². The molecule has 0 spiro atoms. The van der Waals surface area contributed by atoms with Crippen molar-refractivity contribution in [2.75, 3.05) is 0 Å². The van der Waals surface area contributed by atoms with E-state index < -0.39 is 11.7 Å². The van der Waals surface area contributed by atoms with Crippen LogP contribution in [0, 0.1) is 12.3 Å². The lowest BCUT2D eigenvalue weighted by molar-refractivity contribution is -0.137. The number of aryl methyl sites for hydroxylation is 1. The number of hydrogen-bond acceptors (Lipinski definition) is 0. The van der Waals surface area contributed by atoms with Crippen LogP contribution in [0.25, 0.3) is 0 Å². The van der Waals surface area contributed by atoms with Crippen LogP contribution < -0.4 is 0 Å². The average Bonchev–Trinajstić information content (AvgIpc) is 2.04. The maximum Gasteiger partial charge on any atom is 0.416 e. The van der Waals surface area contributed by atoms with Crippen LogP contribution in [0.1, 0.15) is 37.5 Å². The van der Waals surface area contributed by atoms with Crippen LogP contribution in [0.15, 0.2) is 18.2 Å². The standard InChI is InChI=1S/C13H17F3/c1-9-7-11(13(14,15)16)6-5-10(9)8-12(2,3)4/h5-7H,8H2,1-4H3. The second-order valence-corrected chi connectivity index (χ2v) is 5.38. The molecular weight excluding hydrogens is 213 g/mol. The summed E-state index contributed by atoms with van der Waals surface area (Å²) < 4.78 is 37.3. The Hall–Kier alpha value is -0.990. The molecule has 0 unspecified atom stereocenters. The van der Waals surface area contributed by atoms with E-state index in [-0.39, 0.29) is 5.41 Å². The molecule has 0 aliphatic carbocycles. The molecule has 0 radical (unpaired) electrons. The van der Waals surface area contributed by atoms with Crippen molar-refractivity contribution in [2.45, 2.75) is 40.3 Å². The SMILES string of the molecule is Cc1cc(C(F)(F)F)ccc1CC(C)(C)C. The third kappa shape index (κ3) is 3.54. The van der Waals surface area contributed by atoms with Gasteiger partial charge >= 0.3 is 6.18 Å². The minimum absolute atomic E-state index is 0.0878. The van der Waals surface area contributed by atoms with E-state index in [0.717, 1.165) is 18.1 Å². The van der Waals surface area contributed by atoms with Gasteiger partial charge in [0.2, 0.25) is 0 Å². The summed E-state index contributed by atoms with van der Waals surface area (Å²) in [6.45, 7) is 7.95. The van der Waals surface area contributed by atoms with Gasteiger partial charge < -0.3 is 0 Å². The summed E-state index contributed by atoms with van der Waals surface area (Å²) in [5.41, 5.74) is 1.22. The Bertz CT molecular complexity index is 370. The highest BCUT2D eigenvalue weighted by molar-refractivity contribution is 5.33. The molecular formula is C13H17F3. The molecule has 0 heterocycles. The molecule has 1 aromatic carbocycles. The van der Waals surface area contributed by atoms with Gasteiger partial charge in [-0.15, -0.1) is 0 Å². The molecule has 0 nitrogen and oxygen atoms in total. The van der Waals surface area contributed by atoms with Crippen molar-refractivity contribution >= 4 is 0 Å². The van der Waals surface area contributed by atoms with Gasteiger partial charge in [-0.1, -0.05) is 26.8 Å². The predicted molar refractivity (Wildman–Crippen MR) is 59.3 cm³/mol. The molecule has 0 aliphatic rings. The van der Waals surface area contributed by atoms with Crippen molar-refractivity contribution in [3.05, 3.63) is 34.9 Å². The zero-order valence-corrected chi connectivity index (χ0v) is 10.1. The van der Waals surface area contributed by atoms with E-state index in [4.69, 9.17) is 0 Å². The predicted octanol–water partition coefficient (Wildman–Crippen LogP) is 4.60. The zero-order valence-electron chi connectivity index (χ0n) is 10.1. The van der Waals surface area contributed by atoms with Gasteiger partial charge in [0.15, 0.2) is 0 Å². The second-order valence-electron chi connectivity index (χ2n) is 5.38. The van der Waals surface area contributed by atoms with Crippen molar-refractivity contribution in [1.82, 2.24) is 0 Å².